The second-order valence-corrected chi connectivity index (χ2v) is 7.85. The number of hydrogen-bond acceptors (Lipinski definition) is 1. The average Bonchev–Trinajstić information content (AvgIpc) is 3.06. The van der Waals surface area contributed by atoms with Crippen LogP contribution < -0.4 is 0 Å². The molecule has 4 saturated carbocycles. The summed E-state index contributed by atoms with van der Waals surface area (Å²) in [6, 6.07) is 0. The molecular formula is C17H28O. The Kier molecular flexibility index (Phi) is 2.76. The average molecular weight is 248 g/mol. The van der Waals surface area contributed by atoms with E-state index in [0.29, 0.717) is 6.10 Å². The SMILES string of the molecule is CC(C)OCCC1CC2CC1C1C3CCC(C3)C21. The Morgan fingerprint density at radius 3 is 2.50 bits per heavy atom. The van der Waals surface area contributed by atoms with E-state index in [0.717, 1.165) is 42.1 Å². The van der Waals surface area contributed by atoms with E-state index in [9.17, 15) is 0 Å². The van der Waals surface area contributed by atoms with Crippen LogP contribution in [-0.4, -0.2) is 12.7 Å². The Labute approximate surface area is 112 Å². The lowest BCUT2D eigenvalue weighted by Gasteiger charge is -2.38. The first kappa shape index (κ1) is 11.8. The van der Waals surface area contributed by atoms with Gasteiger partial charge in [-0.25, -0.2) is 0 Å². The van der Waals surface area contributed by atoms with Crippen LogP contribution in [0.3, 0.4) is 0 Å². The van der Waals surface area contributed by atoms with Gasteiger partial charge in [0.05, 0.1) is 6.10 Å². The molecule has 102 valence electrons. The second-order valence-electron chi connectivity index (χ2n) is 7.85. The molecule has 0 aromatic carbocycles. The molecular weight excluding hydrogens is 220 g/mol. The zero-order valence-electron chi connectivity index (χ0n) is 12.0. The zero-order valence-corrected chi connectivity index (χ0v) is 12.0. The lowest BCUT2D eigenvalue weighted by molar-refractivity contribution is 0.0437. The van der Waals surface area contributed by atoms with E-state index in [4.69, 9.17) is 4.74 Å². The third-order valence-electron chi connectivity index (χ3n) is 6.81. The van der Waals surface area contributed by atoms with Gasteiger partial charge in [-0.15, -0.1) is 0 Å². The minimum absolute atomic E-state index is 0.416. The van der Waals surface area contributed by atoms with E-state index >= 15 is 0 Å². The number of fused-ring (bicyclic) bond motifs is 9. The summed E-state index contributed by atoms with van der Waals surface area (Å²) in [5, 5.41) is 0. The van der Waals surface area contributed by atoms with Gasteiger partial charge >= 0.3 is 0 Å². The van der Waals surface area contributed by atoms with Crippen molar-refractivity contribution in [2.45, 2.75) is 58.5 Å². The third kappa shape index (κ3) is 1.62. The van der Waals surface area contributed by atoms with Crippen molar-refractivity contribution in [2.24, 2.45) is 41.4 Å². The third-order valence-corrected chi connectivity index (χ3v) is 6.81. The molecule has 18 heavy (non-hydrogen) atoms. The highest BCUT2D eigenvalue weighted by atomic mass is 16.5. The second kappa shape index (κ2) is 4.23. The van der Waals surface area contributed by atoms with Crippen molar-refractivity contribution in [3.63, 3.8) is 0 Å². The van der Waals surface area contributed by atoms with Crippen LogP contribution in [0.15, 0.2) is 0 Å². The minimum atomic E-state index is 0.416. The molecule has 0 aromatic rings. The molecule has 4 aliphatic rings. The molecule has 1 heteroatoms. The van der Waals surface area contributed by atoms with E-state index in [-0.39, 0.29) is 0 Å². The van der Waals surface area contributed by atoms with Crippen LogP contribution in [0.1, 0.15) is 52.4 Å². The van der Waals surface area contributed by atoms with Gasteiger partial charge in [0.1, 0.15) is 0 Å². The standard InChI is InChI=1S/C17H28O/c1-10(2)18-6-5-11-7-14-9-15(11)17-13-4-3-12(8-13)16(14)17/h10-17H,3-9H2,1-2H3. The highest BCUT2D eigenvalue weighted by molar-refractivity contribution is 5.10. The number of rotatable bonds is 4. The molecule has 7 atom stereocenters. The Morgan fingerprint density at radius 1 is 0.944 bits per heavy atom. The van der Waals surface area contributed by atoms with Crippen LogP contribution in [0.2, 0.25) is 0 Å². The summed E-state index contributed by atoms with van der Waals surface area (Å²) in [5.41, 5.74) is 0. The molecule has 0 aromatic heterocycles. The first-order valence-electron chi connectivity index (χ1n) is 8.35. The Hall–Kier alpha value is -0.0400. The summed E-state index contributed by atoms with van der Waals surface area (Å²) in [6.45, 7) is 5.33. The van der Waals surface area contributed by atoms with Crippen molar-refractivity contribution in [1.29, 1.82) is 0 Å². The molecule has 0 heterocycles. The van der Waals surface area contributed by atoms with Crippen molar-refractivity contribution in [3.05, 3.63) is 0 Å². The van der Waals surface area contributed by atoms with Crippen molar-refractivity contribution >= 4 is 0 Å². The van der Waals surface area contributed by atoms with Gasteiger partial charge in [0, 0.05) is 6.61 Å². The maximum absolute atomic E-state index is 5.78. The fourth-order valence-electron chi connectivity index (χ4n) is 6.49. The molecule has 0 radical (unpaired) electrons. The first-order valence-corrected chi connectivity index (χ1v) is 8.35. The predicted molar refractivity (Wildman–Crippen MR) is 73.2 cm³/mol. The molecule has 4 aliphatic carbocycles. The van der Waals surface area contributed by atoms with Crippen LogP contribution in [0.4, 0.5) is 0 Å². The van der Waals surface area contributed by atoms with E-state index in [1.165, 1.54) is 12.3 Å². The smallest absolute Gasteiger partial charge is 0.0518 e. The van der Waals surface area contributed by atoms with E-state index in [1.54, 1.807) is 32.1 Å². The summed E-state index contributed by atoms with van der Waals surface area (Å²) in [4.78, 5) is 0. The van der Waals surface area contributed by atoms with Crippen LogP contribution in [-0.2, 0) is 4.74 Å². The van der Waals surface area contributed by atoms with Crippen LogP contribution in [0.5, 0.6) is 0 Å². The quantitative estimate of drug-likeness (QED) is 0.680. The van der Waals surface area contributed by atoms with Crippen molar-refractivity contribution in [1.82, 2.24) is 0 Å². The fraction of sp³-hybridized carbons (Fsp3) is 1.00. The maximum atomic E-state index is 5.78. The van der Waals surface area contributed by atoms with E-state index in [1.807, 2.05) is 0 Å². The monoisotopic (exact) mass is 248 g/mol. The van der Waals surface area contributed by atoms with E-state index in [2.05, 4.69) is 13.8 Å². The molecule has 0 N–H and O–H groups in total. The number of ether oxygens (including phenoxy) is 1. The Morgan fingerprint density at radius 2 is 1.72 bits per heavy atom. The topological polar surface area (TPSA) is 9.23 Å². The Balaban J connectivity index is 1.40. The molecule has 0 aliphatic heterocycles. The molecule has 4 rings (SSSR count). The fourth-order valence-corrected chi connectivity index (χ4v) is 6.49. The van der Waals surface area contributed by atoms with Crippen LogP contribution >= 0.6 is 0 Å². The molecule has 0 amide bonds. The molecule has 4 bridgehead atoms. The normalized spacial score (nSPS) is 52.5. The first-order chi connectivity index (χ1) is 8.74. The van der Waals surface area contributed by atoms with Crippen molar-refractivity contribution in [3.8, 4) is 0 Å². The molecule has 1 nitrogen and oxygen atoms in total. The Bertz CT molecular complexity index is 324. The minimum Gasteiger partial charge on any atom is -0.379 e. The predicted octanol–water partition coefficient (Wildman–Crippen LogP) is 4.12. The van der Waals surface area contributed by atoms with Gasteiger partial charge in [0.25, 0.3) is 0 Å². The van der Waals surface area contributed by atoms with Gasteiger partial charge in [-0.2, -0.15) is 0 Å². The molecule has 0 saturated heterocycles. The van der Waals surface area contributed by atoms with Gasteiger partial charge in [0.15, 0.2) is 0 Å². The van der Waals surface area contributed by atoms with Crippen molar-refractivity contribution in [2.75, 3.05) is 6.61 Å². The van der Waals surface area contributed by atoms with Gasteiger partial charge in [0.2, 0.25) is 0 Å². The summed E-state index contributed by atoms with van der Waals surface area (Å²) in [5.74, 6) is 7.88. The molecule has 7 unspecified atom stereocenters. The van der Waals surface area contributed by atoms with E-state index < -0.39 is 0 Å². The lowest BCUT2D eigenvalue weighted by atomic mass is 9.67. The van der Waals surface area contributed by atoms with Gasteiger partial charge in [-0.1, -0.05) is 0 Å². The van der Waals surface area contributed by atoms with Crippen molar-refractivity contribution < 1.29 is 4.74 Å². The van der Waals surface area contributed by atoms with Crippen LogP contribution in [0.25, 0.3) is 0 Å². The van der Waals surface area contributed by atoms with Gasteiger partial charge in [-0.3, -0.25) is 0 Å². The lowest BCUT2D eigenvalue weighted by Crippen LogP contribution is -2.33. The largest absolute Gasteiger partial charge is 0.379 e. The highest BCUT2D eigenvalue weighted by Gasteiger charge is 2.61. The maximum Gasteiger partial charge on any atom is 0.0518 e. The molecule has 0 spiro atoms. The van der Waals surface area contributed by atoms with Gasteiger partial charge < -0.3 is 4.74 Å². The molecule has 4 fully saturated rings. The summed E-state index contributed by atoms with van der Waals surface area (Å²) >= 11 is 0. The summed E-state index contributed by atoms with van der Waals surface area (Å²) in [6.07, 6.45) is 9.67. The summed E-state index contributed by atoms with van der Waals surface area (Å²) < 4.78 is 5.78. The number of hydrogen-bond donors (Lipinski definition) is 0. The zero-order chi connectivity index (χ0) is 12.3. The van der Waals surface area contributed by atoms with Crippen LogP contribution in [0, 0.1) is 41.4 Å². The summed E-state index contributed by atoms with van der Waals surface area (Å²) in [7, 11) is 0. The van der Waals surface area contributed by atoms with Gasteiger partial charge in [-0.05, 0) is 93.8 Å². The highest BCUT2D eigenvalue weighted by Crippen LogP contribution is 2.69.